The molecular weight excluding hydrogens is 274 g/mol. The van der Waals surface area contributed by atoms with Crippen LogP contribution in [0.3, 0.4) is 0 Å². The van der Waals surface area contributed by atoms with Crippen molar-refractivity contribution in [2.75, 3.05) is 0 Å². The van der Waals surface area contributed by atoms with E-state index in [2.05, 4.69) is 15.2 Å². The molecule has 98 valence electrons. The largest absolute Gasteiger partial charge is 0.303 e. The fourth-order valence-corrected chi connectivity index (χ4v) is 1.99. The molecule has 1 N–H and O–H groups in total. The van der Waals surface area contributed by atoms with Gasteiger partial charge >= 0.3 is 0 Å². The zero-order chi connectivity index (χ0) is 13.9. The summed E-state index contributed by atoms with van der Waals surface area (Å²) in [4.78, 5) is 14.8. The Hall–Kier alpha value is -2.46. The molecule has 20 heavy (non-hydrogen) atoms. The van der Waals surface area contributed by atoms with Gasteiger partial charge in [0.15, 0.2) is 11.5 Å². The molecule has 0 atom stereocenters. The molecule has 0 spiro atoms. The van der Waals surface area contributed by atoms with Crippen LogP contribution in [0.25, 0.3) is 22.6 Å². The number of hydrogen-bond acceptors (Lipinski definition) is 3. The molecule has 1 heterocycles. The van der Waals surface area contributed by atoms with E-state index < -0.39 is 0 Å². The fraction of sp³-hybridized carbons (Fsp3) is 0. The maximum atomic E-state index is 12.1. The molecule has 0 radical (unpaired) electrons. The minimum atomic E-state index is -0.267. The summed E-state index contributed by atoms with van der Waals surface area (Å²) in [5.74, 6) is 0.423. The summed E-state index contributed by atoms with van der Waals surface area (Å²) >= 11 is 5.83. The van der Waals surface area contributed by atoms with E-state index in [1.54, 1.807) is 24.3 Å². The molecule has 0 fully saturated rings. The zero-order valence-corrected chi connectivity index (χ0v) is 11.1. The summed E-state index contributed by atoms with van der Waals surface area (Å²) in [7, 11) is 0. The van der Waals surface area contributed by atoms with Crippen LogP contribution in [-0.2, 0) is 0 Å². The Balaban J connectivity index is 2.04. The van der Waals surface area contributed by atoms with E-state index >= 15 is 0 Å². The minimum Gasteiger partial charge on any atom is -0.303 e. The van der Waals surface area contributed by atoms with Crippen molar-refractivity contribution >= 4 is 11.6 Å². The van der Waals surface area contributed by atoms with E-state index in [1.807, 2.05) is 30.3 Å². The summed E-state index contributed by atoms with van der Waals surface area (Å²) in [6.07, 6.45) is 0. The quantitative estimate of drug-likeness (QED) is 0.786. The second-order valence-electron chi connectivity index (χ2n) is 4.22. The first kappa shape index (κ1) is 12.6. The van der Waals surface area contributed by atoms with Crippen LogP contribution >= 0.6 is 11.6 Å². The van der Waals surface area contributed by atoms with Gasteiger partial charge in [-0.15, -0.1) is 10.2 Å². The number of rotatable bonds is 2. The Morgan fingerprint density at radius 3 is 2.20 bits per heavy atom. The predicted molar refractivity (Wildman–Crippen MR) is 78.5 cm³/mol. The van der Waals surface area contributed by atoms with Gasteiger partial charge in [0.05, 0.1) is 0 Å². The first-order valence-corrected chi connectivity index (χ1v) is 6.40. The molecular formula is C15H10ClN3O. The van der Waals surface area contributed by atoms with Crippen LogP contribution in [0.4, 0.5) is 0 Å². The Bertz CT molecular complexity index is 782. The molecule has 0 saturated heterocycles. The van der Waals surface area contributed by atoms with Crippen molar-refractivity contribution in [1.82, 2.24) is 15.2 Å². The van der Waals surface area contributed by atoms with Gasteiger partial charge in [-0.25, -0.2) is 0 Å². The highest BCUT2D eigenvalue weighted by atomic mass is 35.5. The van der Waals surface area contributed by atoms with Crippen LogP contribution in [-0.4, -0.2) is 15.2 Å². The second-order valence-corrected chi connectivity index (χ2v) is 4.66. The van der Waals surface area contributed by atoms with Crippen LogP contribution in [0.15, 0.2) is 59.4 Å². The Labute approximate surface area is 120 Å². The molecule has 3 rings (SSSR count). The van der Waals surface area contributed by atoms with Crippen LogP contribution in [0.1, 0.15) is 0 Å². The Kier molecular flexibility index (Phi) is 3.31. The molecule has 0 amide bonds. The van der Waals surface area contributed by atoms with E-state index in [1.165, 1.54) is 0 Å². The predicted octanol–water partition coefficient (Wildman–Crippen LogP) is 3.15. The van der Waals surface area contributed by atoms with Crippen LogP contribution in [0.5, 0.6) is 0 Å². The van der Waals surface area contributed by atoms with Crippen molar-refractivity contribution in [3.63, 3.8) is 0 Å². The molecule has 2 aromatic carbocycles. The van der Waals surface area contributed by atoms with Crippen molar-refractivity contribution in [1.29, 1.82) is 0 Å². The summed E-state index contributed by atoms with van der Waals surface area (Å²) in [6, 6.07) is 16.3. The SMILES string of the molecule is O=c1[nH]c(-c2ccc(Cl)cc2)nnc1-c1ccccc1. The van der Waals surface area contributed by atoms with Crippen LogP contribution < -0.4 is 5.56 Å². The van der Waals surface area contributed by atoms with E-state index in [9.17, 15) is 4.79 Å². The monoisotopic (exact) mass is 283 g/mol. The molecule has 5 heteroatoms. The summed E-state index contributed by atoms with van der Waals surface area (Å²) in [5.41, 5.74) is 1.54. The van der Waals surface area contributed by atoms with Crippen LogP contribution in [0, 0.1) is 0 Å². The third-order valence-electron chi connectivity index (χ3n) is 2.86. The molecule has 0 aliphatic carbocycles. The Morgan fingerprint density at radius 2 is 1.55 bits per heavy atom. The summed E-state index contributed by atoms with van der Waals surface area (Å²) < 4.78 is 0. The first-order chi connectivity index (χ1) is 9.74. The average Bonchev–Trinajstić information content (AvgIpc) is 2.49. The smallest absolute Gasteiger partial charge is 0.278 e. The summed E-state index contributed by atoms with van der Waals surface area (Å²) in [5, 5.41) is 8.72. The zero-order valence-electron chi connectivity index (χ0n) is 10.4. The van der Waals surface area contributed by atoms with Crippen molar-refractivity contribution in [3.05, 3.63) is 70.0 Å². The lowest BCUT2D eigenvalue weighted by Gasteiger charge is -2.02. The van der Waals surface area contributed by atoms with E-state index in [4.69, 9.17) is 11.6 Å². The lowest BCUT2D eigenvalue weighted by atomic mass is 10.1. The van der Waals surface area contributed by atoms with Crippen LogP contribution in [0.2, 0.25) is 5.02 Å². The van der Waals surface area contributed by atoms with Gasteiger partial charge < -0.3 is 4.98 Å². The highest BCUT2D eigenvalue weighted by Crippen LogP contribution is 2.17. The molecule has 0 saturated carbocycles. The summed E-state index contributed by atoms with van der Waals surface area (Å²) in [6.45, 7) is 0. The fourth-order valence-electron chi connectivity index (χ4n) is 1.86. The topological polar surface area (TPSA) is 58.6 Å². The number of nitrogens with zero attached hydrogens (tertiary/aromatic N) is 2. The third kappa shape index (κ3) is 2.46. The number of hydrogen-bond donors (Lipinski definition) is 1. The van der Waals surface area contributed by atoms with E-state index in [-0.39, 0.29) is 5.56 Å². The third-order valence-corrected chi connectivity index (χ3v) is 3.11. The lowest BCUT2D eigenvalue weighted by Crippen LogP contribution is -2.14. The van der Waals surface area contributed by atoms with Gasteiger partial charge in [-0.05, 0) is 24.3 Å². The second kappa shape index (κ2) is 5.27. The van der Waals surface area contributed by atoms with Gasteiger partial charge in [0.25, 0.3) is 5.56 Å². The average molecular weight is 284 g/mol. The van der Waals surface area contributed by atoms with Crippen molar-refractivity contribution in [3.8, 4) is 22.6 Å². The number of aromatic amines is 1. The van der Waals surface area contributed by atoms with Gasteiger partial charge in [-0.2, -0.15) is 0 Å². The standard InChI is InChI=1S/C15H10ClN3O/c16-12-8-6-11(7-9-12)14-17-15(20)13(18-19-14)10-4-2-1-3-5-10/h1-9H,(H,17,19,20). The maximum absolute atomic E-state index is 12.1. The lowest BCUT2D eigenvalue weighted by molar-refractivity contribution is 0.963. The van der Waals surface area contributed by atoms with Gasteiger partial charge in [0.1, 0.15) is 0 Å². The van der Waals surface area contributed by atoms with Crippen molar-refractivity contribution in [2.45, 2.75) is 0 Å². The number of benzene rings is 2. The molecule has 0 unspecified atom stereocenters. The first-order valence-electron chi connectivity index (χ1n) is 6.02. The molecule has 0 aliphatic heterocycles. The van der Waals surface area contributed by atoms with E-state index in [0.717, 1.165) is 11.1 Å². The van der Waals surface area contributed by atoms with Crippen molar-refractivity contribution in [2.24, 2.45) is 0 Å². The highest BCUT2D eigenvalue weighted by Gasteiger charge is 2.08. The molecule has 0 aliphatic rings. The minimum absolute atomic E-state index is 0.267. The normalized spacial score (nSPS) is 10.4. The van der Waals surface area contributed by atoms with E-state index in [0.29, 0.717) is 16.5 Å². The van der Waals surface area contributed by atoms with Gasteiger partial charge in [-0.3, -0.25) is 4.79 Å². The molecule has 0 bridgehead atoms. The maximum Gasteiger partial charge on any atom is 0.278 e. The molecule has 1 aromatic heterocycles. The van der Waals surface area contributed by atoms with Gasteiger partial charge in [0.2, 0.25) is 0 Å². The number of aromatic nitrogens is 3. The van der Waals surface area contributed by atoms with Gasteiger partial charge in [0, 0.05) is 16.1 Å². The Morgan fingerprint density at radius 1 is 0.850 bits per heavy atom. The van der Waals surface area contributed by atoms with Gasteiger partial charge in [-0.1, -0.05) is 41.9 Å². The number of halogens is 1. The number of nitrogens with one attached hydrogen (secondary N) is 1. The molecule has 3 aromatic rings. The highest BCUT2D eigenvalue weighted by molar-refractivity contribution is 6.30. The number of H-pyrrole nitrogens is 1. The molecule has 4 nitrogen and oxygen atoms in total. The van der Waals surface area contributed by atoms with Crippen molar-refractivity contribution < 1.29 is 0 Å².